The topological polar surface area (TPSA) is 131 Å². The van der Waals surface area contributed by atoms with E-state index in [0.717, 1.165) is 22.7 Å². The number of ether oxygens (including phenoxy) is 4. The van der Waals surface area contributed by atoms with Gasteiger partial charge >= 0.3 is 0 Å². The fourth-order valence-corrected chi connectivity index (χ4v) is 8.44. The predicted octanol–water partition coefficient (Wildman–Crippen LogP) is 3.75. The first-order valence-corrected chi connectivity index (χ1v) is 25.6. The first kappa shape index (κ1) is 58.5. The van der Waals surface area contributed by atoms with E-state index in [4.69, 9.17) is 18.9 Å². The summed E-state index contributed by atoms with van der Waals surface area (Å²) in [5.41, 5.74) is 4.40. The summed E-state index contributed by atoms with van der Waals surface area (Å²) in [5.74, 6) is 2.84. The molecule has 0 unspecified atom stereocenters. The average molecular weight is 1010 g/mol. The minimum atomic E-state index is -0.773. The van der Waals surface area contributed by atoms with Gasteiger partial charge in [-0.1, -0.05) is 24.3 Å². The van der Waals surface area contributed by atoms with Gasteiger partial charge in [0.05, 0.1) is 84.6 Å². The molecular formula is C56H92N8O8+4. The number of aliphatic hydroxyl groups is 4. The number of hydrogen-bond donors (Lipinski definition) is 4. The highest BCUT2D eigenvalue weighted by atomic mass is 16.5. The summed E-state index contributed by atoms with van der Waals surface area (Å²) in [5, 5.41) is 46.1. The van der Waals surface area contributed by atoms with Crippen molar-refractivity contribution in [1.82, 2.24) is 37.5 Å². The molecule has 400 valence electrons. The van der Waals surface area contributed by atoms with Crippen molar-refractivity contribution in [3.05, 3.63) is 97.1 Å². The highest BCUT2D eigenvalue weighted by Gasteiger charge is 2.25. The maximum Gasteiger partial charge on any atom is 0.135 e. The smallest absolute Gasteiger partial charge is 0.135 e. The molecule has 0 saturated carbocycles. The minimum absolute atomic E-state index is 0.128. The van der Waals surface area contributed by atoms with E-state index in [2.05, 4.69) is 128 Å². The van der Waals surface area contributed by atoms with E-state index in [9.17, 15) is 20.4 Å². The van der Waals surface area contributed by atoms with Crippen molar-refractivity contribution in [1.29, 1.82) is 0 Å². The Hall–Kier alpha value is -4.40. The van der Waals surface area contributed by atoms with Crippen LogP contribution in [-0.4, -0.2) is 254 Å². The van der Waals surface area contributed by atoms with Crippen molar-refractivity contribution in [2.75, 3.05) is 190 Å². The SMILES string of the molecule is C[N+](C)(C)c1cccc(OC[C@@H](O)CN2CCN(C[C@H](O)COc3cccc([N+](C)(C)C)c3)CCN(C[C@H](O)COc3cccc([N+](C)(C)C)c3)CCN(C[C@H](O)COc3cccc([N+](C)(C)C)c3)CC2)c1. The number of quaternary nitrogens is 4. The summed E-state index contributed by atoms with van der Waals surface area (Å²) in [6.45, 7) is 6.87. The van der Waals surface area contributed by atoms with Crippen LogP contribution in [-0.2, 0) is 0 Å². The van der Waals surface area contributed by atoms with Crippen LogP contribution in [0.4, 0.5) is 22.7 Å². The van der Waals surface area contributed by atoms with Crippen molar-refractivity contribution >= 4 is 22.7 Å². The molecule has 1 heterocycles. The molecular weight excluding hydrogens is 913 g/mol. The lowest BCUT2D eigenvalue weighted by molar-refractivity contribution is 0.0240. The summed E-state index contributed by atoms with van der Waals surface area (Å²) < 4.78 is 27.3. The molecule has 0 aromatic heterocycles. The Morgan fingerprint density at radius 2 is 0.514 bits per heavy atom. The van der Waals surface area contributed by atoms with Crippen LogP contribution in [0.15, 0.2) is 97.1 Å². The second-order valence-corrected chi connectivity index (χ2v) is 23.1. The molecule has 1 fully saturated rings. The Morgan fingerprint density at radius 1 is 0.333 bits per heavy atom. The van der Waals surface area contributed by atoms with Gasteiger partial charge in [0, 0.05) is 103 Å². The zero-order chi connectivity index (χ0) is 52.7. The zero-order valence-corrected chi connectivity index (χ0v) is 45.9. The third-order valence-electron chi connectivity index (χ3n) is 12.9. The molecule has 16 nitrogen and oxygen atoms in total. The summed E-state index contributed by atoms with van der Waals surface area (Å²) in [6.07, 6.45) is -3.09. The number of hydrogen-bond acceptors (Lipinski definition) is 12. The standard InChI is InChI=1S/C56H92N8O8/c1-61(2,3)45-17-13-21-53(33-45)69-41-49(65)37-57-25-27-58(38-50(66)42-70-54-22-14-18-46(34-54)62(4,5)6)29-31-60(40-52(68)44-72-56-24-16-20-48(36-56)64(10,11)12)32-30-59(28-26-57)39-51(67)43-71-55-23-15-19-47(35-55)63(7,8)9/h13-24,33-36,49-52,65-68H,25-32,37-44H2,1-12H3/q+4/t49-,50-,51-,52-/m0/s1. The predicted molar refractivity (Wildman–Crippen MR) is 296 cm³/mol. The van der Waals surface area contributed by atoms with Crippen LogP contribution in [0.5, 0.6) is 23.0 Å². The lowest BCUT2D eigenvalue weighted by atomic mass is 10.2. The van der Waals surface area contributed by atoms with Crippen LogP contribution >= 0.6 is 0 Å². The van der Waals surface area contributed by atoms with E-state index in [1.165, 1.54) is 0 Å². The highest BCUT2D eigenvalue weighted by molar-refractivity contribution is 5.49. The number of aliphatic hydroxyl groups excluding tert-OH is 4. The summed E-state index contributed by atoms with van der Waals surface area (Å²) >= 11 is 0. The van der Waals surface area contributed by atoms with Gasteiger partial charge in [-0.05, 0) is 48.5 Å². The largest absolute Gasteiger partial charge is 0.491 e. The number of benzene rings is 4. The molecule has 0 amide bonds. The van der Waals surface area contributed by atoms with Crippen LogP contribution in [0.25, 0.3) is 0 Å². The molecule has 4 atom stereocenters. The van der Waals surface area contributed by atoms with Gasteiger partial charge in [0.1, 0.15) is 96.6 Å². The van der Waals surface area contributed by atoms with E-state index in [1.807, 2.05) is 72.8 Å². The molecule has 1 aliphatic rings. The summed E-state index contributed by atoms with van der Waals surface area (Å²) in [4.78, 5) is 9.01. The van der Waals surface area contributed by atoms with Gasteiger partial charge in [-0.25, -0.2) is 0 Å². The fourth-order valence-electron chi connectivity index (χ4n) is 8.44. The van der Waals surface area contributed by atoms with E-state index >= 15 is 0 Å². The molecule has 72 heavy (non-hydrogen) atoms. The van der Waals surface area contributed by atoms with Crippen LogP contribution in [0.1, 0.15) is 0 Å². The second kappa shape index (κ2) is 26.7. The number of nitrogens with zero attached hydrogens (tertiary/aromatic N) is 8. The zero-order valence-electron chi connectivity index (χ0n) is 45.9. The maximum atomic E-state index is 11.5. The lowest BCUT2D eigenvalue weighted by Crippen LogP contribution is -2.51. The van der Waals surface area contributed by atoms with E-state index in [1.54, 1.807) is 0 Å². The molecule has 0 spiro atoms. The molecule has 1 saturated heterocycles. The van der Waals surface area contributed by atoms with Gasteiger partial charge in [-0.15, -0.1) is 0 Å². The number of β-amino-alcohol motifs (C(OH)–C–C–N with tert-alkyl or cyclic N) is 4. The Labute approximate surface area is 432 Å². The van der Waals surface area contributed by atoms with Crippen LogP contribution < -0.4 is 36.9 Å². The van der Waals surface area contributed by atoms with E-state index in [0.29, 0.717) is 119 Å². The third kappa shape index (κ3) is 20.5. The summed E-state index contributed by atoms with van der Waals surface area (Å²) in [6, 6.07) is 31.9. The molecule has 0 aliphatic carbocycles. The first-order valence-electron chi connectivity index (χ1n) is 25.6. The molecule has 4 aromatic carbocycles. The highest BCUT2D eigenvalue weighted by Crippen LogP contribution is 2.26. The third-order valence-corrected chi connectivity index (χ3v) is 12.9. The van der Waals surface area contributed by atoms with Crippen molar-refractivity contribution < 1.29 is 39.4 Å². The van der Waals surface area contributed by atoms with Crippen LogP contribution in [0, 0.1) is 0 Å². The first-order chi connectivity index (χ1) is 33.8. The monoisotopic (exact) mass is 1000 g/mol. The summed E-state index contributed by atoms with van der Waals surface area (Å²) in [7, 11) is 25.3. The Kier molecular flexibility index (Phi) is 21.7. The van der Waals surface area contributed by atoms with E-state index in [-0.39, 0.29) is 26.4 Å². The van der Waals surface area contributed by atoms with Crippen molar-refractivity contribution in [2.45, 2.75) is 24.4 Å². The quantitative estimate of drug-likeness (QED) is 0.0764. The Morgan fingerprint density at radius 3 is 0.681 bits per heavy atom. The Bertz CT molecular complexity index is 1900. The van der Waals surface area contributed by atoms with Gasteiger partial charge in [-0.2, -0.15) is 0 Å². The van der Waals surface area contributed by atoms with E-state index < -0.39 is 24.4 Å². The molecule has 4 N–H and O–H groups in total. The average Bonchev–Trinajstić information content (AvgIpc) is 3.31. The minimum Gasteiger partial charge on any atom is -0.491 e. The molecule has 5 rings (SSSR count). The number of rotatable bonds is 24. The molecule has 4 aromatic rings. The molecule has 0 radical (unpaired) electrons. The molecule has 0 bridgehead atoms. The van der Waals surface area contributed by atoms with Gasteiger partial charge in [0.15, 0.2) is 0 Å². The van der Waals surface area contributed by atoms with Gasteiger partial charge in [0.2, 0.25) is 0 Å². The lowest BCUT2D eigenvalue weighted by Gasteiger charge is -2.36. The van der Waals surface area contributed by atoms with Crippen molar-refractivity contribution in [3.63, 3.8) is 0 Å². The van der Waals surface area contributed by atoms with Crippen LogP contribution in [0.3, 0.4) is 0 Å². The van der Waals surface area contributed by atoms with Crippen LogP contribution in [0.2, 0.25) is 0 Å². The van der Waals surface area contributed by atoms with Gasteiger partial charge < -0.3 is 39.4 Å². The van der Waals surface area contributed by atoms with Gasteiger partial charge in [0.25, 0.3) is 0 Å². The maximum absolute atomic E-state index is 11.5. The van der Waals surface area contributed by atoms with Gasteiger partial charge in [-0.3, -0.25) is 37.5 Å². The fraction of sp³-hybridized carbons (Fsp3) is 0.571. The second-order valence-electron chi connectivity index (χ2n) is 23.1. The van der Waals surface area contributed by atoms with Crippen molar-refractivity contribution in [2.24, 2.45) is 0 Å². The van der Waals surface area contributed by atoms with Crippen molar-refractivity contribution in [3.8, 4) is 23.0 Å². The molecule has 1 aliphatic heterocycles. The molecule has 16 heteroatoms. The normalized spacial score (nSPS) is 17.6. The Balaban J connectivity index is 1.33.